The first kappa shape index (κ1) is 15.7. The normalized spacial score (nSPS) is 18.3. The van der Waals surface area contributed by atoms with Crippen molar-refractivity contribution in [3.63, 3.8) is 0 Å². The van der Waals surface area contributed by atoms with Gasteiger partial charge in [0.15, 0.2) is 11.5 Å². The molecule has 2 aliphatic rings. The molecule has 0 unspecified atom stereocenters. The molecule has 0 amide bonds. The van der Waals surface area contributed by atoms with Crippen molar-refractivity contribution in [2.24, 2.45) is 5.10 Å². The molecule has 0 N–H and O–H groups in total. The van der Waals surface area contributed by atoms with Crippen LogP contribution in [0.3, 0.4) is 0 Å². The Morgan fingerprint density at radius 1 is 1.04 bits per heavy atom. The lowest BCUT2D eigenvalue weighted by Crippen LogP contribution is -2.18. The van der Waals surface area contributed by atoms with Crippen molar-refractivity contribution in [1.82, 2.24) is 0 Å². The van der Waals surface area contributed by atoms with Gasteiger partial charge in [-0.3, -0.25) is 5.01 Å². The largest absolute Gasteiger partial charge is 0.454 e. The van der Waals surface area contributed by atoms with Crippen LogP contribution in [0, 0.1) is 0 Å². The van der Waals surface area contributed by atoms with Crippen molar-refractivity contribution in [3.8, 4) is 11.5 Å². The average molecular weight is 383 g/mol. The highest BCUT2D eigenvalue weighted by Gasteiger charge is 2.31. The molecule has 1 aromatic heterocycles. The molecule has 0 bridgehead atoms. The number of fused-ring (bicyclic) bond motifs is 1. The van der Waals surface area contributed by atoms with Gasteiger partial charge in [-0.2, -0.15) is 5.10 Å². The van der Waals surface area contributed by atoms with Crippen LogP contribution in [0.1, 0.15) is 22.9 Å². The monoisotopic (exact) mass is 382 g/mol. The van der Waals surface area contributed by atoms with Crippen LogP contribution in [-0.2, 0) is 0 Å². The van der Waals surface area contributed by atoms with Gasteiger partial charge >= 0.3 is 0 Å². The Bertz CT molecular complexity index is 970. The Labute approximate surface area is 160 Å². The van der Waals surface area contributed by atoms with Crippen molar-refractivity contribution in [2.45, 2.75) is 12.5 Å². The van der Waals surface area contributed by atoms with Gasteiger partial charge in [-0.05, 0) is 53.4 Å². The topological polar surface area (TPSA) is 34.1 Å². The summed E-state index contributed by atoms with van der Waals surface area (Å²) >= 11 is 7.78. The molecular formula is C20H15ClN2O2S. The predicted molar refractivity (Wildman–Crippen MR) is 105 cm³/mol. The van der Waals surface area contributed by atoms with Gasteiger partial charge < -0.3 is 9.47 Å². The highest BCUT2D eigenvalue weighted by molar-refractivity contribution is 7.12. The number of ether oxygens (including phenoxy) is 2. The van der Waals surface area contributed by atoms with E-state index < -0.39 is 0 Å². The fourth-order valence-corrected chi connectivity index (χ4v) is 4.16. The lowest BCUT2D eigenvalue weighted by molar-refractivity contribution is 0.174. The summed E-state index contributed by atoms with van der Waals surface area (Å²) < 4.78 is 11.0. The summed E-state index contributed by atoms with van der Waals surface area (Å²) in [5.74, 6) is 1.59. The van der Waals surface area contributed by atoms with Crippen LogP contribution in [0.15, 0.2) is 65.1 Å². The van der Waals surface area contributed by atoms with Gasteiger partial charge in [-0.25, -0.2) is 0 Å². The van der Waals surface area contributed by atoms with Gasteiger partial charge in [0.25, 0.3) is 0 Å². The molecule has 0 spiro atoms. The molecule has 4 nitrogen and oxygen atoms in total. The average Bonchev–Trinajstić information content (AvgIpc) is 3.40. The summed E-state index contributed by atoms with van der Waals surface area (Å²) in [6.45, 7) is 0.279. The molecule has 0 radical (unpaired) electrons. The number of hydrazone groups is 1. The first-order valence-corrected chi connectivity index (χ1v) is 9.59. The van der Waals surface area contributed by atoms with E-state index in [0.717, 1.165) is 39.9 Å². The lowest BCUT2D eigenvalue weighted by Gasteiger charge is -2.24. The molecule has 0 saturated carbocycles. The van der Waals surface area contributed by atoms with E-state index in [2.05, 4.69) is 34.7 Å². The smallest absolute Gasteiger partial charge is 0.231 e. The maximum absolute atomic E-state index is 6.06. The predicted octanol–water partition coefficient (Wildman–Crippen LogP) is 5.49. The molecule has 6 heteroatoms. The number of anilines is 1. The van der Waals surface area contributed by atoms with Crippen molar-refractivity contribution < 1.29 is 9.47 Å². The molecule has 2 aliphatic heterocycles. The number of hydrogen-bond acceptors (Lipinski definition) is 5. The summed E-state index contributed by atoms with van der Waals surface area (Å²) in [5.41, 5.74) is 3.26. The summed E-state index contributed by atoms with van der Waals surface area (Å²) in [5, 5.41) is 9.80. The summed E-state index contributed by atoms with van der Waals surface area (Å²) in [4.78, 5) is 1.20. The van der Waals surface area contributed by atoms with Crippen LogP contribution >= 0.6 is 22.9 Å². The van der Waals surface area contributed by atoms with Gasteiger partial charge in [-0.15, -0.1) is 11.3 Å². The van der Waals surface area contributed by atoms with Gasteiger partial charge in [0.1, 0.15) is 0 Å². The number of hydrogen-bond donors (Lipinski definition) is 0. The van der Waals surface area contributed by atoms with E-state index in [1.807, 2.05) is 30.3 Å². The Morgan fingerprint density at radius 2 is 1.88 bits per heavy atom. The van der Waals surface area contributed by atoms with E-state index in [1.54, 1.807) is 11.3 Å². The first-order chi connectivity index (χ1) is 12.8. The van der Waals surface area contributed by atoms with Crippen molar-refractivity contribution in [1.29, 1.82) is 0 Å². The third-order valence-corrected chi connectivity index (χ3v) is 5.76. The molecule has 1 atom stereocenters. The van der Waals surface area contributed by atoms with E-state index in [9.17, 15) is 0 Å². The van der Waals surface area contributed by atoms with Crippen LogP contribution in [0.5, 0.6) is 11.5 Å². The quantitative estimate of drug-likeness (QED) is 0.601. The van der Waals surface area contributed by atoms with Crippen LogP contribution < -0.4 is 14.5 Å². The second kappa shape index (κ2) is 6.34. The first-order valence-electron chi connectivity index (χ1n) is 8.34. The minimum Gasteiger partial charge on any atom is -0.454 e. The SMILES string of the molecule is Clc1ccc(N2N=C(c3cccs3)C[C@@H]2c2ccc3c(c2)OCO3)cc1. The molecule has 5 rings (SSSR count). The van der Waals surface area contributed by atoms with Crippen molar-refractivity contribution >= 4 is 34.3 Å². The maximum atomic E-state index is 6.06. The molecule has 130 valence electrons. The molecule has 2 aromatic carbocycles. The number of halogens is 1. The summed E-state index contributed by atoms with van der Waals surface area (Å²) in [7, 11) is 0. The molecule has 0 saturated heterocycles. The van der Waals surface area contributed by atoms with Gasteiger partial charge in [0.2, 0.25) is 6.79 Å². The molecule has 26 heavy (non-hydrogen) atoms. The highest BCUT2D eigenvalue weighted by atomic mass is 35.5. The third kappa shape index (κ3) is 2.73. The minimum absolute atomic E-state index is 0.0998. The second-order valence-electron chi connectivity index (χ2n) is 6.18. The van der Waals surface area contributed by atoms with Gasteiger partial charge in [0, 0.05) is 11.4 Å². The fourth-order valence-electron chi connectivity index (χ4n) is 3.31. The molecule has 3 heterocycles. The lowest BCUT2D eigenvalue weighted by atomic mass is 10.0. The van der Waals surface area contributed by atoms with Crippen molar-refractivity contribution in [3.05, 3.63) is 75.4 Å². The van der Waals surface area contributed by atoms with E-state index >= 15 is 0 Å². The summed E-state index contributed by atoms with van der Waals surface area (Å²) in [6.07, 6.45) is 0.836. The van der Waals surface area contributed by atoms with Gasteiger partial charge in [-0.1, -0.05) is 23.7 Å². The van der Waals surface area contributed by atoms with Crippen LogP contribution in [0.2, 0.25) is 5.02 Å². The van der Waals surface area contributed by atoms with Gasteiger partial charge in [0.05, 0.1) is 22.3 Å². The number of benzene rings is 2. The Hall–Kier alpha value is -2.50. The zero-order chi connectivity index (χ0) is 17.5. The number of thiophene rings is 1. The molecule has 0 aliphatic carbocycles. The van der Waals surface area contributed by atoms with E-state index in [1.165, 1.54) is 4.88 Å². The molecule has 3 aromatic rings. The molecule has 0 fully saturated rings. The molecular weight excluding hydrogens is 368 g/mol. The van der Waals surface area contributed by atoms with E-state index in [-0.39, 0.29) is 12.8 Å². The Kier molecular flexibility index (Phi) is 3.84. The van der Waals surface area contributed by atoms with Crippen molar-refractivity contribution in [2.75, 3.05) is 11.8 Å². The Morgan fingerprint density at radius 3 is 2.69 bits per heavy atom. The zero-order valence-corrected chi connectivity index (χ0v) is 15.3. The fraction of sp³-hybridized carbons (Fsp3) is 0.150. The number of nitrogens with zero attached hydrogens (tertiary/aromatic N) is 2. The minimum atomic E-state index is 0.0998. The third-order valence-electron chi connectivity index (χ3n) is 4.59. The van der Waals surface area contributed by atoms with Crippen LogP contribution in [0.25, 0.3) is 0 Å². The second-order valence-corrected chi connectivity index (χ2v) is 7.56. The maximum Gasteiger partial charge on any atom is 0.231 e. The summed E-state index contributed by atoms with van der Waals surface area (Å²) in [6, 6.07) is 18.2. The zero-order valence-electron chi connectivity index (χ0n) is 13.8. The highest BCUT2D eigenvalue weighted by Crippen LogP contribution is 2.41. The Balaban J connectivity index is 1.55. The van der Waals surface area contributed by atoms with E-state index in [4.69, 9.17) is 26.2 Å². The van der Waals surface area contributed by atoms with E-state index in [0.29, 0.717) is 0 Å². The van der Waals surface area contributed by atoms with Crippen LogP contribution in [0.4, 0.5) is 5.69 Å². The number of rotatable bonds is 3. The standard InChI is InChI=1S/C20H15ClN2O2S/c21-14-4-6-15(7-5-14)23-17(11-16(22-23)20-2-1-9-26-20)13-3-8-18-19(10-13)25-12-24-18/h1-10,17H,11-12H2/t17-/m1/s1. The van der Waals surface area contributed by atoms with Crippen LogP contribution in [-0.4, -0.2) is 12.5 Å².